The van der Waals surface area contributed by atoms with Crippen LogP contribution >= 0.6 is 0 Å². The Morgan fingerprint density at radius 2 is 1.64 bits per heavy atom. The van der Waals surface area contributed by atoms with E-state index >= 15 is 0 Å². The van der Waals surface area contributed by atoms with Crippen LogP contribution in [0.2, 0.25) is 0 Å². The minimum absolute atomic E-state index is 0.0189. The van der Waals surface area contributed by atoms with Crippen LogP contribution in [0.3, 0.4) is 0 Å². The standard InChI is InChI=1S/C29H33N5O2/c1-21(2)17-18-30-29(36)28(24-15-13-22(3)14-16-24)33(19-23-9-5-4-6-10-23)27(35)20-34-26-12-8-7-11-25(26)31-32-34/h4-16,21,28H,17-20H2,1-3H3,(H,30,36). The third-order valence-electron chi connectivity index (χ3n) is 6.20. The molecule has 0 aliphatic heterocycles. The highest BCUT2D eigenvalue weighted by Crippen LogP contribution is 2.25. The first kappa shape index (κ1) is 25.1. The molecule has 0 spiro atoms. The lowest BCUT2D eigenvalue weighted by Gasteiger charge is -2.32. The molecule has 1 N–H and O–H groups in total. The average molecular weight is 484 g/mol. The fourth-order valence-corrected chi connectivity index (χ4v) is 4.16. The average Bonchev–Trinajstić information content (AvgIpc) is 3.28. The molecule has 0 aliphatic carbocycles. The summed E-state index contributed by atoms with van der Waals surface area (Å²) in [6, 6.07) is 24.3. The lowest BCUT2D eigenvalue weighted by Crippen LogP contribution is -2.45. The normalized spacial score (nSPS) is 12.0. The van der Waals surface area contributed by atoms with Crippen molar-refractivity contribution < 1.29 is 9.59 Å². The van der Waals surface area contributed by atoms with E-state index in [4.69, 9.17) is 0 Å². The highest BCUT2D eigenvalue weighted by atomic mass is 16.2. The van der Waals surface area contributed by atoms with Crippen molar-refractivity contribution in [1.29, 1.82) is 0 Å². The summed E-state index contributed by atoms with van der Waals surface area (Å²) in [7, 11) is 0. The molecule has 1 unspecified atom stereocenters. The zero-order chi connectivity index (χ0) is 25.5. The van der Waals surface area contributed by atoms with E-state index in [2.05, 4.69) is 29.5 Å². The summed E-state index contributed by atoms with van der Waals surface area (Å²) < 4.78 is 1.60. The highest BCUT2D eigenvalue weighted by Gasteiger charge is 2.32. The van der Waals surface area contributed by atoms with Crippen LogP contribution in [0.25, 0.3) is 11.0 Å². The van der Waals surface area contributed by atoms with Gasteiger partial charge < -0.3 is 10.2 Å². The van der Waals surface area contributed by atoms with Crippen LogP contribution in [0.4, 0.5) is 0 Å². The molecular formula is C29H33N5O2. The summed E-state index contributed by atoms with van der Waals surface area (Å²) in [5, 5.41) is 11.5. The van der Waals surface area contributed by atoms with E-state index in [-0.39, 0.29) is 18.4 Å². The van der Waals surface area contributed by atoms with Gasteiger partial charge in [-0.15, -0.1) is 5.10 Å². The predicted octanol–water partition coefficient (Wildman–Crippen LogP) is 4.67. The number of carbonyl (C=O) groups is 2. The summed E-state index contributed by atoms with van der Waals surface area (Å²) in [5.41, 5.74) is 4.31. The van der Waals surface area contributed by atoms with Crippen molar-refractivity contribution in [2.75, 3.05) is 6.54 Å². The number of carbonyl (C=O) groups excluding carboxylic acids is 2. The topological polar surface area (TPSA) is 80.1 Å². The molecule has 3 aromatic carbocycles. The molecule has 2 amide bonds. The number of para-hydroxylation sites is 1. The molecular weight excluding hydrogens is 450 g/mol. The van der Waals surface area contributed by atoms with Crippen LogP contribution in [0.1, 0.15) is 43.0 Å². The first-order chi connectivity index (χ1) is 17.4. The number of nitrogens with zero attached hydrogens (tertiary/aromatic N) is 4. The number of hydrogen-bond donors (Lipinski definition) is 1. The van der Waals surface area contributed by atoms with E-state index < -0.39 is 6.04 Å². The summed E-state index contributed by atoms with van der Waals surface area (Å²) >= 11 is 0. The van der Waals surface area contributed by atoms with Gasteiger partial charge in [0.05, 0.1) is 5.52 Å². The zero-order valence-electron chi connectivity index (χ0n) is 21.1. The second-order valence-corrected chi connectivity index (χ2v) is 9.53. The predicted molar refractivity (Wildman–Crippen MR) is 141 cm³/mol. The summed E-state index contributed by atoms with van der Waals surface area (Å²) in [6.07, 6.45) is 0.865. The second-order valence-electron chi connectivity index (χ2n) is 9.53. The molecule has 0 bridgehead atoms. The fourth-order valence-electron chi connectivity index (χ4n) is 4.16. The van der Waals surface area contributed by atoms with Crippen molar-refractivity contribution >= 4 is 22.8 Å². The van der Waals surface area contributed by atoms with E-state index in [1.165, 1.54) is 0 Å². The SMILES string of the molecule is Cc1ccc(C(C(=O)NCCC(C)C)N(Cc2ccccc2)C(=O)Cn2nnc3ccccc32)cc1. The van der Waals surface area contributed by atoms with Crippen LogP contribution in [0.15, 0.2) is 78.9 Å². The largest absolute Gasteiger partial charge is 0.354 e. The number of hydrogen-bond acceptors (Lipinski definition) is 4. The third kappa shape index (κ3) is 6.16. The molecule has 186 valence electrons. The fraction of sp³-hybridized carbons (Fsp3) is 0.310. The minimum Gasteiger partial charge on any atom is -0.354 e. The molecule has 0 saturated heterocycles. The molecule has 4 rings (SSSR count). The number of aromatic nitrogens is 3. The van der Waals surface area contributed by atoms with Crippen molar-refractivity contribution in [3.05, 3.63) is 95.6 Å². The van der Waals surface area contributed by atoms with Crippen LogP contribution in [-0.4, -0.2) is 38.3 Å². The van der Waals surface area contributed by atoms with Crippen molar-refractivity contribution in [1.82, 2.24) is 25.2 Å². The quantitative estimate of drug-likeness (QED) is 0.355. The minimum atomic E-state index is -0.778. The first-order valence-corrected chi connectivity index (χ1v) is 12.4. The van der Waals surface area contributed by atoms with Gasteiger partial charge in [0.15, 0.2) is 0 Å². The van der Waals surface area contributed by atoms with Gasteiger partial charge in [-0.1, -0.05) is 91.4 Å². The number of rotatable bonds is 10. The summed E-state index contributed by atoms with van der Waals surface area (Å²) in [4.78, 5) is 29.2. The van der Waals surface area contributed by atoms with Crippen molar-refractivity contribution in [2.24, 2.45) is 5.92 Å². The summed E-state index contributed by atoms with van der Waals surface area (Å²) in [5.74, 6) is 0.0668. The van der Waals surface area contributed by atoms with E-state index in [9.17, 15) is 9.59 Å². The van der Waals surface area contributed by atoms with Crippen LogP contribution < -0.4 is 5.32 Å². The van der Waals surface area contributed by atoms with E-state index in [1.54, 1.807) is 9.58 Å². The van der Waals surface area contributed by atoms with Gasteiger partial charge in [0, 0.05) is 13.1 Å². The zero-order valence-corrected chi connectivity index (χ0v) is 21.1. The Labute approximate surface area is 212 Å². The maximum Gasteiger partial charge on any atom is 0.247 e. The van der Waals surface area contributed by atoms with E-state index in [0.29, 0.717) is 19.0 Å². The number of benzene rings is 3. The van der Waals surface area contributed by atoms with Crippen LogP contribution in [0, 0.1) is 12.8 Å². The number of amides is 2. The van der Waals surface area contributed by atoms with Gasteiger partial charge in [0.2, 0.25) is 11.8 Å². The molecule has 1 atom stereocenters. The molecule has 4 aromatic rings. The van der Waals surface area contributed by atoms with Crippen molar-refractivity contribution in [3.8, 4) is 0 Å². The molecule has 0 aliphatic rings. The number of nitrogens with one attached hydrogen (secondary N) is 1. The van der Waals surface area contributed by atoms with Crippen LogP contribution in [0.5, 0.6) is 0 Å². The maximum atomic E-state index is 13.9. The van der Waals surface area contributed by atoms with E-state index in [0.717, 1.165) is 34.1 Å². The van der Waals surface area contributed by atoms with Gasteiger partial charge in [-0.3, -0.25) is 9.59 Å². The van der Waals surface area contributed by atoms with Gasteiger partial charge in [-0.25, -0.2) is 4.68 Å². The Kier molecular flexibility index (Phi) is 8.10. The highest BCUT2D eigenvalue weighted by molar-refractivity contribution is 5.89. The van der Waals surface area contributed by atoms with E-state index in [1.807, 2.05) is 85.8 Å². The monoisotopic (exact) mass is 483 g/mol. The molecule has 0 fully saturated rings. The second kappa shape index (κ2) is 11.6. The molecule has 7 heteroatoms. The smallest absolute Gasteiger partial charge is 0.247 e. The van der Waals surface area contributed by atoms with Crippen molar-refractivity contribution in [3.63, 3.8) is 0 Å². The Morgan fingerprint density at radius 1 is 0.944 bits per heavy atom. The first-order valence-electron chi connectivity index (χ1n) is 12.4. The van der Waals surface area contributed by atoms with Gasteiger partial charge in [-0.05, 0) is 42.5 Å². The lowest BCUT2D eigenvalue weighted by atomic mass is 10.0. The maximum absolute atomic E-state index is 13.9. The molecule has 0 radical (unpaired) electrons. The van der Waals surface area contributed by atoms with Gasteiger partial charge in [0.1, 0.15) is 18.1 Å². The molecule has 0 saturated carbocycles. The molecule has 1 heterocycles. The summed E-state index contributed by atoms with van der Waals surface area (Å²) in [6.45, 7) is 7.08. The van der Waals surface area contributed by atoms with Crippen molar-refractivity contribution in [2.45, 2.75) is 46.3 Å². The Morgan fingerprint density at radius 3 is 2.36 bits per heavy atom. The lowest BCUT2D eigenvalue weighted by molar-refractivity contribution is -0.142. The molecule has 1 aromatic heterocycles. The van der Waals surface area contributed by atoms with Crippen LogP contribution in [-0.2, 0) is 22.7 Å². The number of fused-ring (bicyclic) bond motifs is 1. The Balaban J connectivity index is 1.70. The number of aryl methyl sites for hydroxylation is 1. The third-order valence-corrected chi connectivity index (χ3v) is 6.20. The molecule has 36 heavy (non-hydrogen) atoms. The van der Waals surface area contributed by atoms with Gasteiger partial charge in [0.25, 0.3) is 0 Å². The Hall–Kier alpha value is -4.00. The van der Waals surface area contributed by atoms with Gasteiger partial charge >= 0.3 is 0 Å². The Bertz CT molecular complexity index is 1300. The van der Waals surface area contributed by atoms with Gasteiger partial charge in [-0.2, -0.15) is 0 Å². The molecule has 7 nitrogen and oxygen atoms in total.